The molecule has 1 aliphatic heterocycles. The monoisotopic (exact) mass is 343 g/mol. The number of hydrazone groups is 1. The molecule has 4 atom stereocenters. The Balaban J connectivity index is 1.41. The summed E-state index contributed by atoms with van der Waals surface area (Å²) in [7, 11) is 0. The van der Waals surface area contributed by atoms with Crippen molar-refractivity contribution < 1.29 is 14.5 Å². The SMILES string of the molecule is O=C1[C@H]2[C@H](C(=O)N1/N=C\c1ccc([N+](=O)[O-])s1)[C@H]1C=C[C@H]2C12CC2. The molecule has 0 radical (unpaired) electrons. The molecule has 0 unspecified atom stereocenters. The topological polar surface area (TPSA) is 92.9 Å². The Hall–Kier alpha value is -2.35. The van der Waals surface area contributed by atoms with Gasteiger partial charge in [-0.05, 0) is 36.2 Å². The van der Waals surface area contributed by atoms with Crippen LogP contribution in [0.15, 0.2) is 29.4 Å². The summed E-state index contributed by atoms with van der Waals surface area (Å²) in [5.74, 6) is -0.653. The average Bonchev–Trinajstić information content (AvgIpc) is 2.84. The fourth-order valence-corrected chi connectivity index (χ4v) is 5.49. The van der Waals surface area contributed by atoms with Crippen LogP contribution in [0, 0.1) is 39.2 Å². The molecule has 1 aromatic rings. The van der Waals surface area contributed by atoms with Crippen LogP contribution in [0.5, 0.6) is 0 Å². The lowest BCUT2D eigenvalue weighted by Gasteiger charge is -2.18. The van der Waals surface area contributed by atoms with Crippen molar-refractivity contribution in [2.45, 2.75) is 12.8 Å². The molecule has 0 aromatic carbocycles. The highest BCUT2D eigenvalue weighted by atomic mass is 32.1. The summed E-state index contributed by atoms with van der Waals surface area (Å²) in [6.07, 6.45) is 7.78. The van der Waals surface area contributed by atoms with Crippen molar-refractivity contribution in [2.24, 2.45) is 34.2 Å². The van der Waals surface area contributed by atoms with Crippen LogP contribution in [0.1, 0.15) is 17.7 Å². The van der Waals surface area contributed by atoms with Gasteiger partial charge < -0.3 is 0 Å². The number of nitro groups is 1. The van der Waals surface area contributed by atoms with E-state index in [9.17, 15) is 19.7 Å². The van der Waals surface area contributed by atoms with Gasteiger partial charge in [0.1, 0.15) is 0 Å². The third-order valence-electron chi connectivity index (χ3n) is 5.92. The maximum Gasteiger partial charge on any atom is 0.324 e. The van der Waals surface area contributed by atoms with Crippen LogP contribution >= 0.6 is 11.3 Å². The highest BCUT2D eigenvalue weighted by Gasteiger charge is 2.73. The fraction of sp³-hybridized carbons (Fsp3) is 0.438. The van der Waals surface area contributed by atoms with Crippen LogP contribution in [-0.2, 0) is 9.59 Å². The number of hydrogen-bond acceptors (Lipinski definition) is 6. The van der Waals surface area contributed by atoms with E-state index in [0.717, 1.165) is 29.2 Å². The molecule has 0 N–H and O–H groups in total. The minimum Gasteiger partial charge on any atom is -0.272 e. The summed E-state index contributed by atoms with van der Waals surface area (Å²) >= 11 is 0.961. The minimum atomic E-state index is -0.475. The normalized spacial score (nSPS) is 34.8. The Bertz CT molecular complexity index is 819. The largest absolute Gasteiger partial charge is 0.324 e. The van der Waals surface area contributed by atoms with E-state index in [-0.39, 0.29) is 45.9 Å². The number of carbonyl (C=O) groups excluding carboxylic acids is 2. The number of amides is 2. The summed E-state index contributed by atoms with van der Waals surface area (Å²) in [6.45, 7) is 0. The molecule has 5 rings (SSSR count). The van der Waals surface area contributed by atoms with E-state index in [4.69, 9.17) is 0 Å². The van der Waals surface area contributed by atoms with E-state index in [0.29, 0.717) is 4.88 Å². The molecule has 8 heteroatoms. The van der Waals surface area contributed by atoms with E-state index < -0.39 is 4.92 Å². The summed E-state index contributed by atoms with van der Waals surface area (Å²) in [5, 5.41) is 15.7. The Kier molecular flexibility index (Phi) is 2.56. The zero-order valence-corrected chi connectivity index (χ0v) is 13.3. The van der Waals surface area contributed by atoms with Crippen molar-refractivity contribution in [3.05, 3.63) is 39.3 Å². The molecule has 24 heavy (non-hydrogen) atoms. The molecule has 1 aromatic heterocycles. The number of rotatable bonds is 3. The van der Waals surface area contributed by atoms with Gasteiger partial charge in [-0.1, -0.05) is 23.5 Å². The lowest BCUT2D eigenvalue weighted by Crippen LogP contribution is -2.30. The van der Waals surface area contributed by atoms with E-state index in [1.165, 1.54) is 12.3 Å². The lowest BCUT2D eigenvalue weighted by molar-refractivity contribution is -0.380. The van der Waals surface area contributed by atoms with Gasteiger partial charge in [0.15, 0.2) is 0 Å². The second-order valence-corrected chi connectivity index (χ2v) is 7.98. The van der Waals surface area contributed by atoms with Crippen LogP contribution in [0.25, 0.3) is 0 Å². The van der Waals surface area contributed by atoms with Crippen molar-refractivity contribution in [1.82, 2.24) is 5.01 Å². The van der Waals surface area contributed by atoms with Crippen LogP contribution in [0.4, 0.5) is 5.00 Å². The lowest BCUT2D eigenvalue weighted by atomic mass is 9.85. The van der Waals surface area contributed by atoms with Gasteiger partial charge in [-0.3, -0.25) is 19.7 Å². The standard InChI is InChI=1S/C16H13N3O4S/c20-14-12-9-2-3-10(16(9)5-6-16)13(12)15(21)18(14)17-7-8-1-4-11(24-8)19(22)23/h1-4,7,9-10,12-13H,5-6H2/b17-7-/t9-,10-,12-,13-/m1/s1. The van der Waals surface area contributed by atoms with E-state index in [1.807, 2.05) is 0 Å². The van der Waals surface area contributed by atoms with Gasteiger partial charge in [-0.25, -0.2) is 0 Å². The van der Waals surface area contributed by atoms with Gasteiger partial charge in [0.2, 0.25) is 0 Å². The molecule has 7 nitrogen and oxygen atoms in total. The third kappa shape index (κ3) is 1.59. The Labute approximate surface area is 140 Å². The van der Waals surface area contributed by atoms with Crippen LogP contribution in [-0.4, -0.2) is 28.0 Å². The Morgan fingerprint density at radius 3 is 2.33 bits per heavy atom. The van der Waals surface area contributed by atoms with Crippen LogP contribution in [0.3, 0.4) is 0 Å². The summed E-state index contributed by atoms with van der Waals surface area (Å²) < 4.78 is 0. The second kappa shape index (κ2) is 4.38. The molecule has 3 aliphatic carbocycles. The maximum atomic E-state index is 12.7. The van der Waals surface area contributed by atoms with Gasteiger partial charge in [-0.15, -0.1) is 0 Å². The molecule has 3 fully saturated rings. The number of allylic oxidation sites excluding steroid dienone is 2. The summed E-state index contributed by atoms with van der Waals surface area (Å²) in [4.78, 5) is 36.1. The first-order valence-corrected chi connectivity index (χ1v) is 8.69. The fourth-order valence-electron chi connectivity index (χ4n) is 4.80. The van der Waals surface area contributed by atoms with Gasteiger partial charge in [0.25, 0.3) is 11.8 Å². The number of imide groups is 1. The number of hydrogen-bond donors (Lipinski definition) is 0. The molecule has 2 amide bonds. The van der Waals surface area contributed by atoms with Crippen LogP contribution in [0.2, 0.25) is 0 Å². The molecule has 1 saturated heterocycles. The molecule has 4 aliphatic rings. The molecular weight excluding hydrogens is 330 g/mol. The second-order valence-electron chi connectivity index (χ2n) is 6.89. The average molecular weight is 343 g/mol. The van der Waals surface area contributed by atoms with Gasteiger partial charge in [0.05, 0.1) is 27.9 Å². The first-order chi connectivity index (χ1) is 11.5. The zero-order valence-electron chi connectivity index (χ0n) is 12.5. The predicted molar refractivity (Wildman–Crippen MR) is 85.2 cm³/mol. The Morgan fingerprint density at radius 2 is 1.83 bits per heavy atom. The van der Waals surface area contributed by atoms with Crippen molar-refractivity contribution in [1.29, 1.82) is 0 Å². The highest BCUT2D eigenvalue weighted by molar-refractivity contribution is 7.16. The van der Waals surface area contributed by atoms with Gasteiger partial charge >= 0.3 is 5.00 Å². The van der Waals surface area contributed by atoms with Crippen molar-refractivity contribution in [3.8, 4) is 0 Å². The molecule has 2 heterocycles. The van der Waals surface area contributed by atoms with E-state index in [1.54, 1.807) is 6.07 Å². The number of nitrogens with zero attached hydrogens (tertiary/aromatic N) is 3. The molecule has 1 spiro atoms. The Morgan fingerprint density at radius 1 is 1.21 bits per heavy atom. The first kappa shape index (κ1) is 14.0. The van der Waals surface area contributed by atoms with Crippen molar-refractivity contribution in [3.63, 3.8) is 0 Å². The van der Waals surface area contributed by atoms with Crippen molar-refractivity contribution in [2.75, 3.05) is 0 Å². The number of thiophene rings is 1. The smallest absolute Gasteiger partial charge is 0.272 e. The zero-order chi connectivity index (χ0) is 16.6. The third-order valence-corrected chi connectivity index (χ3v) is 6.89. The number of carbonyl (C=O) groups is 2. The molecule has 2 saturated carbocycles. The van der Waals surface area contributed by atoms with Crippen molar-refractivity contribution >= 4 is 34.4 Å². The quantitative estimate of drug-likeness (QED) is 0.276. The highest BCUT2D eigenvalue weighted by Crippen LogP contribution is 2.73. The maximum absolute atomic E-state index is 12.7. The summed E-state index contributed by atoms with van der Waals surface area (Å²) in [5.41, 5.74) is 0.171. The molecular formula is C16H13N3O4S. The molecule has 122 valence electrons. The van der Waals surface area contributed by atoms with E-state index in [2.05, 4.69) is 17.3 Å². The molecule has 2 bridgehead atoms. The minimum absolute atomic E-state index is 0.00492. The van der Waals surface area contributed by atoms with Gasteiger partial charge in [0, 0.05) is 6.07 Å². The summed E-state index contributed by atoms with van der Waals surface area (Å²) in [6, 6.07) is 2.94. The van der Waals surface area contributed by atoms with Crippen LogP contribution < -0.4 is 0 Å². The van der Waals surface area contributed by atoms with E-state index >= 15 is 0 Å². The number of fused-ring (bicyclic) bond motifs is 3. The predicted octanol–water partition coefficient (Wildman–Crippen LogP) is 2.19. The van der Waals surface area contributed by atoms with Gasteiger partial charge in [-0.2, -0.15) is 10.1 Å². The first-order valence-electron chi connectivity index (χ1n) is 7.87.